The van der Waals surface area contributed by atoms with Crippen LogP contribution in [0.15, 0.2) is 18.2 Å². The first-order valence-electron chi connectivity index (χ1n) is 6.74. The molecule has 3 heteroatoms. The number of aryl methyl sites for hydroxylation is 1. The zero-order valence-electron chi connectivity index (χ0n) is 11.5. The van der Waals surface area contributed by atoms with E-state index in [0.717, 1.165) is 42.7 Å². The van der Waals surface area contributed by atoms with Crippen LogP contribution in [0.3, 0.4) is 0 Å². The standard InChI is InChI=1S/C15H23FN2/c1-11-10-12(15(2,3)16)4-5-14(11)18-13-6-8-17-9-7-13/h4-5,10,13,17-18H,6-9H2,1-3H3. The molecule has 2 nitrogen and oxygen atoms in total. The van der Waals surface area contributed by atoms with Gasteiger partial charge in [0.1, 0.15) is 5.67 Å². The third kappa shape index (κ3) is 3.22. The molecule has 2 rings (SSSR count). The molecule has 0 aromatic heterocycles. The van der Waals surface area contributed by atoms with Crippen LogP contribution in [0, 0.1) is 6.92 Å². The SMILES string of the molecule is Cc1cc(C(C)(C)F)ccc1NC1CCNCC1. The van der Waals surface area contributed by atoms with Crippen molar-refractivity contribution in [1.82, 2.24) is 5.32 Å². The van der Waals surface area contributed by atoms with Gasteiger partial charge in [0.15, 0.2) is 0 Å². The first kappa shape index (κ1) is 13.3. The smallest absolute Gasteiger partial charge is 0.130 e. The molecule has 1 fully saturated rings. The molecule has 0 radical (unpaired) electrons. The van der Waals surface area contributed by atoms with Crippen LogP contribution in [0.5, 0.6) is 0 Å². The zero-order chi connectivity index (χ0) is 13.2. The third-order valence-corrected chi connectivity index (χ3v) is 3.61. The number of nitrogens with one attached hydrogen (secondary N) is 2. The lowest BCUT2D eigenvalue weighted by molar-refractivity contribution is 0.221. The van der Waals surface area contributed by atoms with Crippen molar-refractivity contribution in [3.63, 3.8) is 0 Å². The summed E-state index contributed by atoms with van der Waals surface area (Å²) >= 11 is 0. The monoisotopic (exact) mass is 250 g/mol. The van der Waals surface area contributed by atoms with Gasteiger partial charge >= 0.3 is 0 Å². The van der Waals surface area contributed by atoms with Crippen LogP contribution in [0.1, 0.15) is 37.8 Å². The van der Waals surface area contributed by atoms with Crippen molar-refractivity contribution < 1.29 is 4.39 Å². The van der Waals surface area contributed by atoms with E-state index >= 15 is 0 Å². The van der Waals surface area contributed by atoms with Crippen molar-refractivity contribution in [2.24, 2.45) is 0 Å². The molecule has 1 aromatic carbocycles. The van der Waals surface area contributed by atoms with Gasteiger partial charge in [-0.15, -0.1) is 0 Å². The second-order valence-corrected chi connectivity index (χ2v) is 5.67. The van der Waals surface area contributed by atoms with E-state index < -0.39 is 5.67 Å². The predicted molar refractivity (Wildman–Crippen MR) is 74.8 cm³/mol. The Labute approximate surface area is 109 Å². The molecule has 1 aromatic rings. The molecule has 1 aliphatic rings. The molecule has 0 unspecified atom stereocenters. The van der Waals surface area contributed by atoms with Crippen molar-refractivity contribution in [2.45, 2.75) is 45.3 Å². The van der Waals surface area contributed by atoms with Gasteiger partial charge in [-0.05, 0) is 63.9 Å². The fourth-order valence-electron chi connectivity index (χ4n) is 2.38. The molecule has 100 valence electrons. The maximum absolute atomic E-state index is 13.9. The summed E-state index contributed by atoms with van der Waals surface area (Å²) in [6, 6.07) is 6.38. The van der Waals surface area contributed by atoms with E-state index in [1.54, 1.807) is 13.8 Å². The fourth-order valence-corrected chi connectivity index (χ4v) is 2.38. The number of anilines is 1. The van der Waals surface area contributed by atoms with E-state index in [2.05, 4.69) is 10.6 Å². The van der Waals surface area contributed by atoms with Crippen LogP contribution in [-0.2, 0) is 5.67 Å². The molecule has 0 atom stereocenters. The van der Waals surface area contributed by atoms with E-state index in [9.17, 15) is 4.39 Å². The highest BCUT2D eigenvalue weighted by Gasteiger charge is 2.20. The van der Waals surface area contributed by atoms with Crippen LogP contribution >= 0.6 is 0 Å². The van der Waals surface area contributed by atoms with E-state index in [1.165, 1.54) is 0 Å². The molecule has 0 amide bonds. The van der Waals surface area contributed by atoms with Gasteiger partial charge in [0.25, 0.3) is 0 Å². The van der Waals surface area contributed by atoms with Crippen LogP contribution in [-0.4, -0.2) is 19.1 Å². The second-order valence-electron chi connectivity index (χ2n) is 5.67. The summed E-state index contributed by atoms with van der Waals surface area (Å²) < 4.78 is 13.9. The number of rotatable bonds is 3. The number of benzene rings is 1. The lowest BCUT2D eigenvalue weighted by Crippen LogP contribution is -2.35. The van der Waals surface area contributed by atoms with Gasteiger partial charge in [-0.1, -0.05) is 12.1 Å². The van der Waals surface area contributed by atoms with Gasteiger partial charge in [0.2, 0.25) is 0 Å². The predicted octanol–water partition coefficient (Wildman–Crippen LogP) is 3.36. The molecule has 1 saturated heterocycles. The Balaban J connectivity index is 2.09. The van der Waals surface area contributed by atoms with Crippen molar-refractivity contribution >= 4 is 5.69 Å². The Kier molecular flexibility index (Phi) is 3.91. The van der Waals surface area contributed by atoms with Crippen LogP contribution in [0.4, 0.5) is 10.1 Å². The summed E-state index contributed by atoms with van der Waals surface area (Å²) in [5.41, 5.74) is 1.74. The maximum atomic E-state index is 13.9. The summed E-state index contributed by atoms with van der Waals surface area (Å²) in [6.07, 6.45) is 2.30. The van der Waals surface area contributed by atoms with Crippen molar-refractivity contribution in [3.8, 4) is 0 Å². The average molecular weight is 250 g/mol. The van der Waals surface area contributed by atoms with Gasteiger partial charge < -0.3 is 10.6 Å². The molecule has 2 N–H and O–H groups in total. The Morgan fingerprint density at radius 2 is 1.94 bits per heavy atom. The molecule has 18 heavy (non-hydrogen) atoms. The Bertz CT molecular complexity index is 403. The Hall–Kier alpha value is -1.09. The fraction of sp³-hybridized carbons (Fsp3) is 0.600. The number of hydrogen-bond donors (Lipinski definition) is 2. The lowest BCUT2D eigenvalue weighted by Gasteiger charge is -2.26. The first-order chi connectivity index (χ1) is 8.47. The number of piperidine rings is 1. The average Bonchev–Trinajstić information content (AvgIpc) is 2.32. The number of alkyl halides is 1. The highest BCUT2D eigenvalue weighted by Crippen LogP contribution is 2.28. The first-order valence-corrected chi connectivity index (χ1v) is 6.74. The lowest BCUT2D eigenvalue weighted by atomic mass is 9.97. The van der Waals surface area contributed by atoms with Crippen molar-refractivity contribution in [3.05, 3.63) is 29.3 Å². The van der Waals surface area contributed by atoms with E-state index in [-0.39, 0.29) is 0 Å². The number of hydrogen-bond acceptors (Lipinski definition) is 2. The molecule has 0 spiro atoms. The van der Waals surface area contributed by atoms with Gasteiger partial charge in [-0.3, -0.25) is 0 Å². The van der Waals surface area contributed by atoms with Crippen molar-refractivity contribution in [1.29, 1.82) is 0 Å². The summed E-state index contributed by atoms with van der Waals surface area (Å²) in [5, 5.41) is 6.92. The highest BCUT2D eigenvalue weighted by molar-refractivity contribution is 5.53. The molecule has 1 heterocycles. The summed E-state index contributed by atoms with van der Waals surface area (Å²) in [7, 11) is 0. The normalized spacial score (nSPS) is 17.8. The van der Waals surface area contributed by atoms with Crippen LogP contribution in [0.2, 0.25) is 0 Å². The molecule has 1 aliphatic heterocycles. The molecule has 0 saturated carbocycles. The van der Waals surface area contributed by atoms with Crippen LogP contribution in [0.25, 0.3) is 0 Å². The molecular formula is C15H23FN2. The van der Waals surface area contributed by atoms with Gasteiger partial charge in [-0.25, -0.2) is 4.39 Å². The minimum atomic E-state index is -1.27. The van der Waals surface area contributed by atoms with Gasteiger partial charge in [0.05, 0.1) is 0 Å². The maximum Gasteiger partial charge on any atom is 0.130 e. The van der Waals surface area contributed by atoms with E-state index in [1.807, 2.05) is 25.1 Å². The van der Waals surface area contributed by atoms with Gasteiger partial charge in [0, 0.05) is 11.7 Å². The van der Waals surface area contributed by atoms with Gasteiger partial charge in [-0.2, -0.15) is 0 Å². The topological polar surface area (TPSA) is 24.1 Å². The minimum Gasteiger partial charge on any atom is -0.382 e. The van der Waals surface area contributed by atoms with Crippen molar-refractivity contribution in [2.75, 3.05) is 18.4 Å². The zero-order valence-corrected chi connectivity index (χ0v) is 11.5. The van der Waals surface area contributed by atoms with E-state index in [0.29, 0.717) is 6.04 Å². The Morgan fingerprint density at radius 1 is 1.28 bits per heavy atom. The highest BCUT2D eigenvalue weighted by atomic mass is 19.1. The minimum absolute atomic E-state index is 0.536. The number of halogens is 1. The molecule has 0 aliphatic carbocycles. The summed E-state index contributed by atoms with van der Waals surface area (Å²) in [5.74, 6) is 0. The quantitative estimate of drug-likeness (QED) is 0.859. The molecule has 0 bridgehead atoms. The molecular weight excluding hydrogens is 227 g/mol. The van der Waals surface area contributed by atoms with E-state index in [4.69, 9.17) is 0 Å². The largest absolute Gasteiger partial charge is 0.382 e. The van der Waals surface area contributed by atoms with Crippen LogP contribution < -0.4 is 10.6 Å². The second kappa shape index (κ2) is 5.27. The summed E-state index contributed by atoms with van der Waals surface area (Å²) in [6.45, 7) is 7.39. The Morgan fingerprint density at radius 3 is 2.50 bits per heavy atom. The third-order valence-electron chi connectivity index (χ3n) is 3.61. The summed E-state index contributed by atoms with van der Waals surface area (Å²) in [4.78, 5) is 0.